The third-order valence-corrected chi connectivity index (χ3v) is 5.43. The molecular formula is C20H28FN3O2. The highest BCUT2D eigenvalue weighted by Gasteiger charge is 2.35. The van der Waals surface area contributed by atoms with Crippen molar-refractivity contribution in [3.05, 3.63) is 35.6 Å². The van der Waals surface area contributed by atoms with Gasteiger partial charge in [0.1, 0.15) is 5.82 Å². The molecule has 2 amide bonds. The molecule has 4 rings (SSSR count). The number of amides is 2. The third kappa shape index (κ3) is 4.41. The predicted molar refractivity (Wildman–Crippen MR) is 98.3 cm³/mol. The van der Waals surface area contributed by atoms with Crippen LogP contribution in [0.2, 0.25) is 0 Å². The molecule has 0 aliphatic carbocycles. The van der Waals surface area contributed by atoms with E-state index in [4.69, 9.17) is 0 Å². The summed E-state index contributed by atoms with van der Waals surface area (Å²) in [6.07, 6.45) is 3.75. The molecule has 2 atom stereocenters. The molecule has 0 unspecified atom stereocenters. The average molecular weight is 361 g/mol. The van der Waals surface area contributed by atoms with Crippen LogP contribution in [0.1, 0.15) is 43.0 Å². The van der Waals surface area contributed by atoms with Crippen molar-refractivity contribution in [2.24, 2.45) is 5.92 Å². The van der Waals surface area contributed by atoms with Crippen molar-refractivity contribution in [2.45, 2.75) is 38.6 Å². The summed E-state index contributed by atoms with van der Waals surface area (Å²) in [4.78, 5) is 29.1. The quantitative estimate of drug-likeness (QED) is 0.846. The summed E-state index contributed by atoms with van der Waals surface area (Å²) in [6, 6.07) is 6.34. The lowest BCUT2D eigenvalue weighted by Crippen LogP contribution is -2.44. The van der Waals surface area contributed by atoms with E-state index in [-0.39, 0.29) is 24.4 Å². The Morgan fingerprint density at radius 1 is 1.19 bits per heavy atom. The Balaban J connectivity index is 1.49. The van der Waals surface area contributed by atoms with Crippen molar-refractivity contribution in [1.29, 1.82) is 0 Å². The van der Waals surface area contributed by atoms with Crippen LogP contribution in [0.25, 0.3) is 0 Å². The first-order valence-electron chi connectivity index (χ1n) is 9.63. The Labute approximate surface area is 154 Å². The molecule has 6 heteroatoms. The largest absolute Gasteiger partial charge is 0.351 e. The van der Waals surface area contributed by atoms with Crippen LogP contribution in [0.4, 0.5) is 4.39 Å². The Bertz CT molecular complexity index is 652. The van der Waals surface area contributed by atoms with Crippen molar-refractivity contribution in [3.8, 4) is 0 Å². The summed E-state index contributed by atoms with van der Waals surface area (Å²) in [7, 11) is 0. The van der Waals surface area contributed by atoms with Crippen molar-refractivity contribution >= 4 is 11.8 Å². The van der Waals surface area contributed by atoms with Gasteiger partial charge in [-0.1, -0.05) is 19.1 Å². The summed E-state index contributed by atoms with van der Waals surface area (Å²) in [5.41, 5.74) is 0.0166. The van der Waals surface area contributed by atoms with Gasteiger partial charge in [-0.25, -0.2) is 4.39 Å². The molecule has 26 heavy (non-hydrogen) atoms. The Morgan fingerprint density at radius 3 is 2.77 bits per heavy atom. The number of halogens is 1. The van der Waals surface area contributed by atoms with Crippen LogP contribution >= 0.6 is 0 Å². The van der Waals surface area contributed by atoms with Gasteiger partial charge in [0, 0.05) is 38.6 Å². The average Bonchev–Trinajstić information content (AvgIpc) is 2.94. The fraction of sp³-hybridized carbons (Fsp3) is 0.600. The highest BCUT2D eigenvalue weighted by molar-refractivity contribution is 5.94. The molecule has 0 aromatic heterocycles. The maximum Gasteiger partial charge on any atom is 0.254 e. The number of hydrogen-bond acceptors (Lipinski definition) is 3. The van der Waals surface area contributed by atoms with Gasteiger partial charge in [0.05, 0.1) is 5.56 Å². The lowest BCUT2D eigenvalue weighted by atomic mass is 9.95. The number of benzene rings is 1. The van der Waals surface area contributed by atoms with E-state index in [0.717, 1.165) is 32.6 Å². The standard InChI is InChI=1S/C20H28FN3O2/c1-2-11-23-12-15-7-8-16(23)14-24(13-15)19(25)9-10-22-20(26)17-5-3-4-6-18(17)21/h3-6,15-16H,2,7-14H2,1H3,(H,22,26)/t15-,16-/m0/s1. The number of rotatable bonds is 6. The topological polar surface area (TPSA) is 52.6 Å². The lowest BCUT2D eigenvalue weighted by Gasteiger charge is -2.35. The van der Waals surface area contributed by atoms with Gasteiger partial charge in [0.25, 0.3) is 5.91 Å². The fourth-order valence-electron chi connectivity index (χ4n) is 4.13. The number of fused-ring (bicyclic) bond motifs is 4. The molecule has 1 aromatic carbocycles. The van der Waals surface area contributed by atoms with E-state index >= 15 is 0 Å². The van der Waals surface area contributed by atoms with Gasteiger partial charge < -0.3 is 10.2 Å². The molecule has 3 heterocycles. The zero-order valence-corrected chi connectivity index (χ0v) is 15.4. The number of carbonyl (C=O) groups is 2. The van der Waals surface area contributed by atoms with E-state index in [2.05, 4.69) is 17.1 Å². The van der Waals surface area contributed by atoms with Gasteiger partial charge >= 0.3 is 0 Å². The number of nitrogens with one attached hydrogen (secondary N) is 1. The van der Waals surface area contributed by atoms with Gasteiger partial charge in [-0.05, 0) is 43.9 Å². The van der Waals surface area contributed by atoms with Crippen LogP contribution in [-0.4, -0.2) is 60.4 Å². The van der Waals surface area contributed by atoms with Gasteiger partial charge in [-0.3, -0.25) is 14.5 Å². The molecule has 5 nitrogen and oxygen atoms in total. The second kappa shape index (κ2) is 8.62. The minimum Gasteiger partial charge on any atom is -0.351 e. The van der Waals surface area contributed by atoms with Crippen molar-refractivity contribution in [2.75, 3.05) is 32.7 Å². The first-order chi connectivity index (χ1) is 12.6. The Morgan fingerprint density at radius 2 is 2.00 bits per heavy atom. The van der Waals surface area contributed by atoms with E-state index in [0.29, 0.717) is 12.0 Å². The molecule has 3 fully saturated rings. The molecule has 1 aromatic rings. The van der Waals surface area contributed by atoms with Crippen LogP contribution in [0, 0.1) is 11.7 Å². The van der Waals surface area contributed by atoms with Gasteiger partial charge in [0.2, 0.25) is 5.91 Å². The van der Waals surface area contributed by atoms with Crippen LogP contribution in [-0.2, 0) is 4.79 Å². The van der Waals surface area contributed by atoms with Crippen LogP contribution in [0.3, 0.4) is 0 Å². The molecule has 1 N–H and O–H groups in total. The summed E-state index contributed by atoms with van der Waals surface area (Å²) in [6.45, 7) is 6.22. The molecule has 142 valence electrons. The van der Waals surface area contributed by atoms with Gasteiger partial charge in [-0.2, -0.15) is 0 Å². The van der Waals surface area contributed by atoms with Crippen LogP contribution in [0.15, 0.2) is 24.3 Å². The molecule has 0 radical (unpaired) electrons. The third-order valence-electron chi connectivity index (χ3n) is 5.43. The number of hydrogen-bond donors (Lipinski definition) is 1. The predicted octanol–water partition coefficient (Wildman–Crippen LogP) is 2.28. The van der Waals surface area contributed by atoms with E-state index < -0.39 is 11.7 Å². The molecule has 3 aliphatic rings. The fourth-order valence-corrected chi connectivity index (χ4v) is 4.13. The monoisotopic (exact) mass is 361 g/mol. The summed E-state index contributed by atoms with van der Waals surface area (Å²) in [5, 5.41) is 2.66. The highest BCUT2D eigenvalue weighted by Crippen LogP contribution is 2.28. The normalized spacial score (nSPS) is 22.9. The van der Waals surface area contributed by atoms with E-state index in [1.54, 1.807) is 12.1 Å². The molecule has 0 spiro atoms. The molecule has 2 bridgehead atoms. The van der Waals surface area contributed by atoms with Crippen LogP contribution < -0.4 is 5.32 Å². The zero-order valence-electron chi connectivity index (χ0n) is 15.4. The molecular weight excluding hydrogens is 333 g/mol. The summed E-state index contributed by atoms with van der Waals surface area (Å²) >= 11 is 0. The van der Waals surface area contributed by atoms with Crippen LogP contribution in [0.5, 0.6) is 0 Å². The smallest absolute Gasteiger partial charge is 0.254 e. The number of nitrogens with zero attached hydrogens (tertiary/aromatic N) is 2. The minimum absolute atomic E-state index is 0.0166. The molecule has 3 aliphatic heterocycles. The maximum atomic E-state index is 13.6. The van der Waals surface area contributed by atoms with E-state index in [1.807, 2.05) is 4.90 Å². The minimum atomic E-state index is -0.545. The maximum absolute atomic E-state index is 13.6. The first-order valence-corrected chi connectivity index (χ1v) is 9.63. The van der Waals surface area contributed by atoms with Crippen molar-refractivity contribution < 1.29 is 14.0 Å². The first kappa shape index (κ1) is 18.8. The van der Waals surface area contributed by atoms with Gasteiger partial charge in [0.15, 0.2) is 0 Å². The second-order valence-corrected chi connectivity index (χ2v) is 7.38. The molecule has 3 saturated heterocycles. The summed E-state index contributed by atoms with van der Waals surface area (Å²) < 4.78 is 13.6. The number of piperidine rings is 1. The second-order valence-electron chi connectivity index (χ2n) is 7.38. The van der Waals surface area contributed by atoms with Crippen molar-refractivity contribution in [1.82, 2.24) is 15.1 Å². The van der Waals surface area contributed by atoms with Gasteiger partial charge in [-0.15, -0.1) is 0 Å². The van der Waals surface area contributed by atoms with Crippen molar-refractivity contribution in [3.63, 3.8) is 0 Å². The Kier molecular flexibility index (Phi) is 6.25. The summed E-state index contributed by atoms with van der Waals surface area (Å²) in [5.74, 6) is -0.385. The molecule has 0 saturated carbocycles. The highest BCUT2D eigenvalue weighted by atomic mass is 19.1. The van der Waals surface area contributed by atoms with E-state index in [1.165, 1.54) is 25.0 Å². The SMILES string of the molecule is CCCN1C[C@@H]2CC[C@H]1CN(C(=O)CCNC(=O)c1ccccc1F)C2. The zero-order chi connectivity index (χ0) is 18.5. The van der Waals surface area contributed by atoms with E-state index in [9.17, 15) is 14.0 Å². The number of carbonyl (C=O) groups excluding carboxylic acids is 2. The Hall–Kier alpha value is -1.95. The lowest BCUT2D eigenvalue weighted by molar-refractivity contribution is -0.131.